The third-order valence-corrected chi connectivity index (χ3v) is 2.87. The number of rotatable bonds is 5. The summed E-state index contributed by atoms with van der Waals surface area (Å²) in [7, 11) is 0. The highest BCUT2D eigenvalue weighted by Crippen LogP contribution is 2.19. The second kappa shape index (κ2) is 6.25. The first-order chi connectivity index (χ1) is 9.58. The Morgan fingerprint density at radius 2 is 1.85 bits per heavy atom. The molecule has 2 aromatic rings. The van der Waals surface area contributed by atoms with E-state index >= 15 is 0 Å². The molecule has 0 saturated heterocycles. The maximum absolute atomic E-state index is 13.6. The molecule has 0 saturated carbocycles. The molecule has 5 heteroatoms. The average Bonchev–Trinajstić information content (AvgIpc) is 2.43. The van der Waals surface area contributed by atoms with Crippen LogP contribution in [0.25, 0.3) is 0 Å². The molecule has 0 aliphatic carbocycles. The largest absolute Gasteiger partial charge is 0.480 e. The van der Waals surface area contributed by atoms with Crippen LogP contribution in [-0.2, 0) is 11.3 Å². The lowest BCUT2D eigenvalue weighted by atomic mass is 10.1. The molecule has 0 aromatic heterocycles. The van der Waals surface area contributed by atoms with E-state index in [1.54, 1.807) is 0 Å². The molecule has 104 valence electrons. The van der Waals surface area contributed by atoms with E-state index in [9.17, 15) is 13.6 Å². The minimum absolute atomic E-state index is 0.214. The number of benzene rings is 2. The third kappa shape index (κ3) is 3.39. The fraction of sp³-hybridized carbons (Fsp3) is 0.133. The van der Waals surface area contributed by atoms with Gasteiger partial charge in [-0.25, -0.2) is 8.78 Å². The molecule has 0 aliphatic heterocycles. The van der Waals surface area contributed by atoms with Crippen molar-refractivity contribution in [2.24, 2.45) is 0 Å². The third-order valence-electron chi connectivity index (χ3n) is 2.87. The summed E-state index contributed by atoms with van der Waals surface area (Å²) in [4.78, 5) is 11.2. The SMILES string of the molecule is O=C(O)C(NCc1ccccc1)c1cc(F)ccc1F. The van der Waals surface area contributed by atoms with Crippen LogP contribution in [0.5, 0.6) is 0 Å². The first kappa shape index (κ1) is 14.1. The molecule has 1 unspecified atom stereocenters. The van der Waals surface area contributed by atoms with E-state index in [2.05, 4.69) is 5.32 Å². The van der Waals surface area contributed by atoms with Gasteiger partial charge in [0.2, 0.25) is 0 Å². The molecular weight excluding hydrogens is 264 g/mol. The zero-order valence-corrected chi connectivity index (χ0v) is 10.5. The van der Waals surface area contributed by atoms with Crippen LogP contribution in [0.15, 0.2) is 48.5 Å². The van der Waals surface area contributed by atoms with Crippen molar-refractivity contribution >= 4 is 5.97 Å². The maximum Gasteiger partial charge on any atom is 0.325 e. The first-order valence-electron chi connectivity index (χ1n) is 6.03. The van der Waals surface area contributed by atoms with Gasteiger partial charge in [0.05, 0.1) is 0 Å². The van der Waals surface area contributed by atoms with E-state index in [0.717, 1.165) is 23.8 Å². The van der Waals surface area contributed by atoms with Gasteiger partial charge in [-0.15, -0.1) is 0 Å². The lowest BCUT2D eigenvalue weighted by Gasteiger charge is -2.15. The topological polar surface area (TPSA) is 49.3 Å². The van der Waals surface area contributed by atoms with Crippen molar-refractivity contribution in [3.63, 3.8) is 0 Å². The van der Waals surface area contributed by atoms with E-state index in [-0.39, 0.29) is 12.1 Å². The summed E-state index contributed by atoms with van der Waals surface area (Å²) in [5, 5.41) is 11.9. The van der Waals surface area contributed by atoms with E-state index in [4.69, 9.17) is 5.11 Å². The predicted octanol–water partition coefficient (Wildman–Crippen LogP) is 2.88. The molecule has 0 amide bonds. The summed E-state index contributed by atoms with van der Waals surface area (Å²) in [5.74, 6) is -2.68. The molecule has 0 heterocycles. The fourth-order valence-corrected chi connectivity index (χ4v) is 1.88. The summed E-state index contributed by atoms with van der Waals surface area (Å²) in [5.41, 5.74) is 0.643. The number of hydrogen-bond acceptors (Lipinski definition) is 2. The van der Waals surface area contributed by atoms with Crippen molar-refractivity contribution in [3.8, 4) is 0 Å². The van der Waals surface area contributed by atoms with Crippen molar-refractivity contribution in [3.05, 3.63) is 71.3 Å². The van der Waals surface area contributed by atoms with Gasteiger partial charge in [0, 0.05) is 12.1 Å². The normalized spacial score (nSPS) is 12.1. The summed E-state index contributed by atoms with van der Waals surface area (Å²) < 4.78 is 26.8. The highest BCUT2D eigenvalue weighted by atomic mass is 19.1. The molecule has 1 atom stereocenters. The molecule has 3 nitrogen and oxygen atoms in total. The second-order valence-corrected chi connectivity index (χ2v) is 4.30. The zero-order chi connectivity index (χ0) is 14.5. The number of aliphatic carboxylic acids is 1. The molecule has 0 bridgehead atoms. The predicted molar refractivity (Wildman–Crippen MR) is 70.0 cm³/mol. The summed E-state index contributed by atoms with van der Waals surface area (Å²) >= 11 is 0. The van der Waals surface area contributed by atoms with Crippen LogP contribution in [0, 0.1) is 11.6 Å². The van der Waals surface area contributed by atoms with Crippen LogP contribution in [0.4, 0.5) is 8.78 Å². The first-order valence-corrected chi connectivity index (χ1v) is 6.03. The van der Waals surface area contributed by atoms with E-state index in [0.29, 0.717) is 0 Å². The van der Waals surface area contributed by atoms with Crippen LogP contribution < -0.4 is 5.32 Å². The van der Waals surface area contributed by atoms with Crippen LogP contribution in [-0.4, -0.2) is 11.1 Å². The van der Waals surface area contributed by atoms with Gasteiger partial charge in [-0.1, -0.05) is 30.3 Å². The molecule has 0 radical (unpaired) electrons. The van der Waals surface area contributed by atoms with Gasteiger partial charge >= 0.3 is 5.97 Å². The molecular formula is C15H13F2NO2. The number of carbonyl (C=O) groups is 1. The molecule has 2 aromatic carbocycles. The standard InChI is InChI=1S/C15H13F2NO2/c16-11-6-7-13(17)12(8-11)14(15(19)20)18-9-10-4-2-1-3-5-10/h1-8,14,18H,9H2,(H,19,20). The molecule has 0 aliphatic rings. The minimum Gasteiger partial charge on any atom is -0.480 e. The monoisotopic (exact) mass is 277 g/mol. The maximum atomic E-state index is 13.6. The van der Waals surface area contributed by atoms with Crippen LogP contribution >= 0.6 is 0 Å². The Kier molecular flexibility index (Phi) is 4.42. The van der Waals surface area contributed by atoms with Crippen LogP contribution in [0.2, 0.25) is 0 Å². The summed E-state index contributed by atoms with van der Waals surface area (Å²) in [6.07, 6.45) is 0. The van der Waals surface area contributed by atoms with Gasteiger partial charge in [-0.3, -0.25) is 10.1 Å². The van der Waals surface area contributed by atoms with Crippen molar-refractivity contribution in [2.45, 2.75) is 12.6 Å². The number of nitrogens with one attached hydrogen (secondary N) is 1. The molecule has 0 fully saturated rings. The lowest BCUT2D eigenvalue weighted by molar-refractivity contribution is -0.139. The highest BCUT2D eigenvalue weighted by Gasteiger charge is 2.23. The van der Waals surface area contributed by atoms with Crippen molar-refractivity contribution in [2.75, 3.05) is 0 Å². The van der Waals surface area contributed by atoms with Gasteiger partial charge < -0.3 is 5.11 Å². The van der Waals surface area contributed by atoms with Crippen molar-refractivity contribution in [1.82, 2.24) is 5.32 Å². The van der Waals surface area contributed by atoms with Crippen molar-refractivity contribution in [1.29, 1.82) is 0 Å². The van der Waals surface area contributed by atoms with Gasteiger partial charge in [0.15, 0.2) is 0 Å². The van der Waals surface area contributed by atoms with Gasteiger partial charge in [0.1, 0.15) is 17.7 Å². The Balaban J connectivity index is 2.19. The Hall–Kier alpha value is -2.27. The number of carboxylic acid groups (broad SMARTS) is 1. The van der Waals surface area contributed by atoms with Gasteiger partial charge in [-0.05, 0) is 23.8 Å². The zero-order valence-electron chi connectivity index (χ0n) is 10.5. The molecule has 2 rings (SSSR count). The van der Waals surface area contributed by atoms with E-state index in [1.165, 1.54) is 0 Å². The van der Waals surface area contributed by atoms with Gasteiger partial charge in [0.25, 0.3) is 0 Å². The lowest BCUT2D eigenvalue weighted by Crippen LogP contribution is -2.29. The van der Waals surface area contributed by atoms with Gasteiger partial charge in [-0.2, -0.15) is 0 Å². The Morgan fingerprint density at radius 1 is 1.15 bits per heavy atom. The fourth-order valence-electron chi connectivity index (χ4n) is 1.88. The minimum atomic E-state index is -1.30. The average molecular weight is 277 g/mol. The number of carboxylic acids is 1. The van der Waals surface area contributed by atoms with Crippen molar-refractivity contribution < 1.29 is 18.7 Å². The highest BCUT2D eigenvalue weighted by molar-refractivity contribution is 5.75. The Bertz CT molecular complexity index is 602. The smallest absolute Gasteiger partial charge is 0.325 e. The molecule has 2 N–H and O–H groups in total. The number of hydrogen-bond donors (Lipinski definition) is 2. The molecule has 0 spiro atoms. The quantitative estimate of drug-likeness (QED) is 0.883. The summed E-state index contributed by atoms with van der Waals surface area (Å²) in [6, 6.07) is 10.6. The summed E-state index contributed by atoms with van der Waals surface area (Å²) in [6.45, 7) is 0.244. The van der Waals surface area contributed by atoms with Crippen LogP contribution in [0.3, 0.4) is 0 Å². The van der Waals surface area contributed by atoms with Crippen LogP contribution in [0.1, 0.15) is 17.2 Å². The van der Waals surface area contributed by atoms with E-state index < -0.39 is 23.6 Å². The second-order valence-electron chi connectivity index (χ2n) is 4.30. The molecule has 20 heavy (non-hydrogen) atoms. The Labute approximate surface area is 114 Å². The Morgan fingerprint density at radius 3 is 2.50 bits per heavy atom. The number of halogens is 2. The van der Waals surface area contributed by atoms with E-state index in [1.807, 2.05) is 30.3 Å².